The average Bonchev–Trinajstić information content (AvgIpc) is 3.49. The summed E-state index contributed by atoms with van der Waals surface area (Å²) in [6.07, 6.45) is 3.98. The van der Waals surface area contributed by atoms with Crippen molar-refractivity contribution >= 4 is 35.0 Å². The molecule has 0 bridgehead atoms. The van der Waals surface area contributed by atoms with Crippen molar-refractivity contribution in [2.24, 2.45) is 5.92 Å². The van der Waals surface area contributed by atoms with Crippen molar-refractivity contribution in [1.82, 2.24) is 20.1 Å². The zero-order chi connectivity index (χ0) is 20.1. The number of amides is 1. The van der Waals surface area contributed by atoms with Gasteiger partial charge in [0.2, 0.25) is 11.9 Å². The van der Waals surface area contributed by atoms with Gasteiger partial charge in [0, 0.05) is 18.0 Å². The number of furan rings is 1. The minimum atomic E-state index is -0.00991. The first kappa shape index (κ1) is 20.0. The van der Waals surface area contributed by atoms with Crippen LogP contribution in [0.1, 0.15) is 30.4 Å². The van der Waals surface area contributed by atoms with Crippen LogP contribution in [0.25, 0.3) is 0 Å². The molecule has 154 valence electrons. The summed E-state index contributed by atoms with van der Waals surface area (Å²) < 4.78 is 7.61. The number of carbonyl (C=O) groups excluding carboxylic acids is 1. The first-order valence-corrected chi connectivity index (χ1v) is 11.7. The lowest BCUT2D eigenvalue weighted by molar-refractivity contribution is -0.118. The molecule has 1 amide bonds. The average molecular weight is 432 g/mol. The van der Waals surface area contributed by atoms with Gasteiger partial charge in [-0.25, -0.2) is 0 Å². The summed E-state index contributed by atoms with van der Waals surface area (Å²) in [6, 6.07) is 7.84. The van der Waals surface area contributed by atoms with E-state index in [2.05, 4.69) is 31.9 Å². The van der Waals surface area contributed by atoms with Crippen LogP contribution in [-0.4, -0.2) is 39.5 Å². The molecule has 7 nitrogen and oxygen atoms in total. The third kappa shape index (κ3) is 5.22. The van der Waals surface area contributed by atoms with Gasteiger partial charge in [0.05, 0.1) is 25.1 Å². The summed E-state index contributed by atoms with van der Waals surface area (Å²) in [5, 5.41) is 14.6. The number of aromatic nitrogens is 3. The lowest BCUT2D eigenvalue weighted by atomic mass is 10.00. The van der Waals surface area contributed by atoms with Crippen molar-refractivity contribution in [3.8, 4) is 0 Å². The Balaban J connectivity index is 1.43. The molecule has 0 aromatic carbocycles. The van der Waals surface area contributed by atoms with Crippen LogP contribution in [-0.2, 0) is 17.9 Å². The molecule has 1 N–H and O–H groups in total. The van der Waals surface area contributed by atoms with Gasteiger partial charge < -0.3 is 14.6 Å². The molecule has 3 aromatic heterocycles. The van der Waals surface area contributed by atoms with Crippen LogP contribution in [0.15, 0.2) is 45.5 Å². The topological polar surface area (TPSA) is 76.2 Å². The van der Waals surface area contributed by atoms with E-state index in [4.69, 9.17) is 4.42 Å². The Morgan fingerprint density at radius 2 is 2.17 bits per heavy atom. The predicted octanol–water partition coefficient (Wildman–Crippen LogP) is 3.63. The highest BCUT2D eigenvalue weighted by Crippen LogP contribution is 2.27. The maximum atomic E-state index is 12.3. The van der Waals surface area contributed by atoms with Crippen LogP contribution in [0, 0.1) is 5.92 Å². The largest absolute Gasteiger partial charge is 0.467 e. The molecule has 0 radical (unpaired) electrons. The maximum Gasteiger partial charge on any atom is 0.230 e. The van der Waals surface area contributed by atoms with E-state index in [9.17, 15) is 4.79 Å². The summed E-state index contributed by atoms with van der Waals surface area (Å²) >= 11 is 3.05. The fourth-order valence-corrected chi connectivity index (χ4v) is 4.71. The van der Waals surface area contributed by atoms with Crippen LogP contribution < -0.4 is 10.2 Å². The Labute approximate surface area is 178 Å². The molecule has 1 fully saturated rings. The first-order valence-electron chi connectivity index (χ1n) is 9.81. The number of hydrogen-bond donors (Lipinski definition) is 1. The Morgan fingerprint density at radius 3 is 2.90 bits per heavy atom. The van der Waals surface area contributed by atoms with Gasteiger partial charge in [-0.1, -0.05) is 24.8 Å². The highest BCUT2D eigenvalue weighted by molar-refractivity contribution is 7.99. The van der Waals surface area contributed by atoms with Crippen molar-refractivity contribution in [2.75, 3.05) is 23.7 Å². The molecule has 3 aromatic rings. The number of carbonyl (C=O) groups is 1. The van der Waals surface area contributed by atoms with Crippen LogP contribution in [0.3, 0.4) is 0 Å². The van der Waals surface area contributed by atoms with E-state index < -0.39 is 0 Å². The van der Waals surface area contributed by atoms with E-state index in [1.165, 1.54) is 11.8 Å². The molecule has 0 spiro atoms. The second-order valence-electron chi connectivity index (χ2n) is 7.26. The van der Waals surface area contributed by atoms with Gasteiger partial charge in [-0.15, -0.1) is 21.5 Å². The monoisotopic (exact) mass is 431 g/mol. The second-order valence-corrected chi connectivity index (χ2v) is 9.24. The Kier molecular flexibility index (Phi) is 6.56. The lowest BCUT2D eigenvalue weighted by Crippen LogP contribution is -2.35. The molecule has 0 aliphatic carbocycles. The Morgan fingerprint density at radius 1 is 1.31 bits per heavy atom. The third-order valence-electron chi connectivity index (χ3n) is 5.03. The van der Waals surface area contributed by atoms with Crippen molar-refractivity contribution in [1.29, 1.82) is 0 Å². The zero-order valence-electron chi connectivity index (χ0n) is 16.4. The van der Waals surface area contributed by atoms with E-state index in [0.29, 0.717) is 18.8 Å². The van der Waals surface area contributed by atoms with Crippen LogP contribution in [0.4, 0.5) is 5.95 Å². The zero-order valence-corrected chi connectivity index (χ0v) is 18.0. The first-order chi connectivity index (χ1) is 14.2. The third-order valence-corrected chi connectivity index (χ3v) is 6.87. The summed E-state index contributed by atoms with van der Waals surface area (Å²) in [6.45, 7) is 5.36. The number of rotatable bonds is 8. The number of thiophene rings is 1. The SMILES string of the molecule is CC1CCN(c2nnc(SCC(=O)NCc3cccs3)n2Cc2ccco2)CC1. The molecule has 4 rings (SSSR count). The van der Waals surface area contributed by atoms with Crippen molar-refractivity contribution in [3.05, 3.63) is 46.5 Å². The van der Waals surface area contributed by atoms with Gasteiger partial charge in [-0.3, -0.25) is 9.36 Å². The molecule has 0 atom stereocenters. The molecule has 0 saturated carbocycles. The van der Waals surface area contributed by atoms with Gasteiger partial charge in [-0.05, 0) is 42.3 Å². The van der Waals surface area contributed by atoms with Gasteiger partial charge in [-0.2, -0.15) is 0 Å². The van der Waals surface area contributed by atoms with E-state index >= 15 is 0 Å². The molecule has 0 unspecified atom stereocenters. The fraction of sp³-hybridized carbons (Fsp3) is 0.450. The number of thioether (sulfide) groups is 1. The molecule has 9 heteroatoms. The van der Waals surface area contributed by atoms with E-state index in [-0.39, 0.29) is 5.91 Å². The van der Waals surface area contributed by atoms with Gasteiger partial charge in [0.1, 0.15) is 5.76 Å². The summed E-state index contributed by atoms with van der Waals surface area (Å²) in [7, 11) is 0. The molecule has 1 aliphatic rings. The Hall–Kier alpha value is -2.26. The standard InChI is InChI=1S/C20H25N5O2S2/c1-15-6-8-24(9-7-15)19-22-23-20(25(19)13-16-4-2-10-27-16)29-14-18(26)21-12-17-5-3-11-28-17/h2-5,10-11,15H,6-9,12-14H2,1H3,(H,21,26). The van der Waals surface area contributed by atoms with Crippen molar-refractivity contribution in [2.45, 2.75) is 38.0 Å². The number of nitrogens with one attached hydrogen (secondary N) is 1. The van der Waals surface area contributed by atoms with Gasteiger partial charge in [0.25, 0.3) is 0 Å². The van der Waals surface area contributed by atoms with E-state index in [0.717, 1.165) is 53.6 Å². The number of piperidine rings is 1. The van der Waals surface area contributed by atoms with Crippen LogP contribution in [0.5, 0.6) is 0 Å². The maximum absolute atomic E-state index is 12.3. The quantitative estimate of drug-likeness (QED) is 0.549. The highest BCUT2D eigenvalue weighted by Gasteiger charge is 2.23. The molecule has 1 saturated heterocycles. The number of hydrogen-bond acceptors (Lipinski definition) is 7. The van der Waals surface area contributed by atoms with Crippen LogP contribution >= 0.6 is 23.1 Å². The Bertz CT molecular complexity index is 900. The van der Waals surface area contributed by atoms with Crippen molar-refractivity contribution in [3.63, 3.8) is 0 Å². The predicted molar refractivity (Wildman–Crippen MR) is 115 cm³/mol. The number of anilines is 1. The van der Waals surface area contributed by atoms with E-state index in [1.807, 2.05) is 29.6 Å². The molecular formula is C20H25N5O2S2. The fourth-order valence-electron chi connectivity index (χ4n) is 3.31. The van der Waals surface area contributed by atoms with Crippen LogP contribution in [0.2, 0.25) is 0 Å². The van der Waals surface area contributed by atoms with E-state index in [1.54, 1.807) is 17.6 Å². The molecular weight excluding hydrogens is 406 g/mol. The molecule has 29 heavy (non-hydrogen) atoms. The van der Waals surface area contributed by atoms with Gasteiger partial charge in [0.15, 0.2) is 5.16 Å². The lowest BCUT2D eigenvalue weighted by Gasteiger charge is -2.31. The summed E-state index contributed by atoms with van der Waals surface area (Å²) in [5.41, 5.74) is 0. The minimum Gasteiger partial charge on any atom is -0.467 e. The highest BCUT2D eigenvalue weighted by atomic mass is 32.2. The summed E-state index contributed by atoms with van der Waals surface area (Å²) in [5.74, 6) is 2.74. The minimum absolute atomic E-state index is 0.00991. The summed E-state index contributed by atoms with van der Waals surface area (Å²) in [4.78, 5) is 15.7. The smallest absolute Gasteiger partial charge is 0.230 e. The molecule has 4 heterocycles. The van der Waals surface area contributed by atoms with Gasteiger partial charge >= 0.3 is 0 Å². The normalized spacial score (nSPS) is 15.0. The molecule has 1 aliphatic heterocycles. The second kappa shape index (κ2) is 9.49. The number of nitrogens with zero attached hydrogens (tertiary/aromatic N) is 4. The van der Waals surface area contributed by atoms with Crippen molar-refractivity contribution < 1.29 is 9.21 Å².